The molecule has 20 heavy (non-hydrogen) atoms. The monoisotopic (exact) mass is 341 g/mol. The first-order chi connectivity index (χ1) is 9.60. The van der Waals surface area contributed by atoms with Gasteiger partial charge >= 0.3 is 0 Å². The minimum Gasteiger partial charge on any atom is -0.483 e. The molecule has 5 heteroatoms. The highest BCUT2D eigenvalue weighted by atomic mass is 79.9. The summed E-state index contributed by atoms with van der Waals surface area (Å²) in [7, 11) is 0. The Kier molecular flexibility index (Phi) is 5.20. The van der Waals surface area contributed by atoms with Crippen molar-refractivity contribution in [2.45, 2.75) is 27.0 Å². The Bertz CT molecular complexity index is 583. The van der Waals surface area contributed by atoms with Crippen molar-refractivity contribution < 1.29 is 13.5 Å². The van der Waals surface area contributed by atoms with Gasteiger partial charge in [0.05, 0.1) is 6.54 Å². The Hall–Kier alpha value is -1.33. The molecule has 1 aromatic heterocycles. The summed E-state index contributed by atoms with van der Waals surface area (Å²) < 4.78 is 25.5. The van der Waals surface area contributed by atoms with E-state index in [9.17, 15) is 4.39 Å². The average Bonchev–Trinajstić information content (AvgIpc) is 2.78. The standard InChI is InChI=1S/C15H17BrFNO2/c1-3-18-8-15-10(2)6-12(20-15)9-19-14-7-11(16)4-5-13(14)17/h4-7,18H,3,8-9H2,1-2H3. The van der Waals surface area contributed by atoms with Crippen LogP contribution in [0, 0.1) is 12.7 Å². The van der Waals surface area contributed by atoms with Gasteiger partial charge in [-0.25, -0.2) is 4.39 Å². The topological polar surface area (TPSA) is 34.4 Å². The van der Waals surface area contributed by atoms with Crippen LogP contribution in [0.5, 0.6) is 5.75 Å². The lowest BCUT2D eigenvalue weighted by Crippen LogP contribution is -2.11. The lowest BCUT2D eigenvalue weighted by atomic mass is 10.2. The van der Waals surface area contributed by atoms with Crippen molar-refractivity contribution in [2.75, 3.05) is 6.54 Å². The molecular formula is C15H17BrFNO2. The first kappa shape index (κ1) is 15.1. The molecule has 0 aliphatic rings. The lowest BCUT2D eigenvalue weighted by molar-refractivity contribution is 0.254. The van der Waals surface area contributed by atoms with E-state index in [0.717, 1.165) is 22.3 Å². The zero-order valence-electron chi connectivity index (χ0n) is 11.5. The van der Waals surface area contributed by atoms with Crippen molar-refractivity contribution >= 4 is 15.9 Å². The molecule has 3 nitrogen and oxygen atoms in total. The molecule has 0 unspecified atom stereocenters. The summed E-state index contributed by atoms with van der Waals surface area (Å²) in [5.74, 6) is 1.40. The molecule has 0 fully saturated rings. The molecule has 0 spiro atoms. The molecule has 0 radical (unpaired) electrons. The highest BCUT2D eigenvalue weighted by Gasteiger charge is 2.09. The fraction of sp³-hybridized carbons (Fsp3) is 0.333. The van der Waals surface area contributed by atoms with E-state index in [4.69, 9.17) is 9.15 Å². The second-order valence-electron chi connectivity index (χ2n) is 4.46. The molecule has 108 valence electrons. The zero-order valence-corrected chi connectivity index (χ0v) is 13.1. The average molecular weight is 342 g/mol. The number of benzene rings is 1. The molecule has 0 saturated heterocycles. The molecule has 1 aromatic carbocycles. The van der Waals surface area contributed by atoms with Crippen molar-refractivity contribution in [3.63, 3.8) is 0 Å². The zero-order chi connectivity index (χ0) is 14.5. The number of halogens is 2. The maximum Gasteiger partial charge on any atom is 0.165 e. The predicted molar refractivity (Wildman–Crippen MR) is 79.3 cm³/mol. The summed E-state index contributed by atoms with van der Waals surface area (Å²) in [5, 5.41) is 3.21. The van der Waals surface area contributed by atoms with Crippen molar-refractivity contribution in [2.24, 2.45) is 0 Å². The van der Waals surface area contributed by atoms with E-state index in [0.29, 0.717) is 12.3 Å². The summed E-state index contributed by atoms with van der Waals surface area (Å²) in [6.07, 6.45) is 0. The van der Waals surface area contributed by atoms with Gasteiger partial charge in [0, 0.05) is 4.47 Å². The number of furan rings is 1. The van der Waals surface area contributed by atoms with Gasteiger partial charge in [0.1, 0.15) is 18.1 Å². The highest BCUT2D eigenvalue weighted by Crippen LogP contribution is 2.24. The van der Waals surface area contributed by atoms with Crippen LogP contribution in [-0.2, 0) is 13.2 Å². The summed E-state index contributed by atoms with van der Waals surface area (Å²) in [4.78, 5) is 0. The van der Waals surface area contributed by atoms with Crippen LogP contribution in [0.3, 0.4) is 0 Å². The molecule has 2 aromatic rings. The van der Waals surface area contributed by atoms with E-state index in [-0.39, 0.29) is 18.2 Å². The van der Waals surface area contributed by atoms with E-state index in [1.807, 2.05) is 19.9 Å². The Balaban J connectivity index is 2.02. The fourth-order valence-electron chi connectivity index (χ4n) is 1.81. The fourth-order valence-corrected chi connectivity index (χ4v) is 2.15. The maximum absolute atomic E-state index is 13.5. The van der Waals surface area contributed by atoms with E-state index >= 15 is 0 Å². The van der Waals surface area contributed by atoms with Gasteiger partial charge in [0.15, 0.2) is 11.6 Å². The van der Waals surface area contributed by atoms with E-state index < -0.39 is 0 Å². The molecule has 2 rings (SSSR count). The number of rotatable bonds is 6. The third-order valence-corrected chi connectivity index (χ3v) is 3.36. The normalized spacial score (nSPS) is 10.8. The van der Waals surface area contributed by atoms with Gasteiger partial charge in [0.25, 0.3) is 0 Å². The van der Waals surface area contributed by atoms with Crippen LogP contribution in [0.2, 0.25) is 0 Å². The molecule has 0 saturated carbocycles. The van der Waals surface area contributed by atoms with Gasteiger partial charge in [-0.2, -0.15) is 0 Å². The van der Waals surface area contributed by atoms with E-state index in [1.165, 1.54) is 6.07 Å². The Morgan fingerprint density at radius 1 is 1.35 bits per heavy atom. The van der Waals surface area contributed by atoms with Crippen LogP contribution < -0.4 is 10.1 Å². The molecule has 0 amide bonds. The summed E-state index contributed by atoms with van der Waals surface area (Å²) >= 11 is 3.29. The summed E-state index contributed by atoms with van der Waals surface area (Å²) in [6, 6.07) is 6.52. The van der Waals surface area contributed by atoms with Crippen molar-refractivity contribution in [1.29, 1.82) is 0 Å². The van der Waals surface area contributed by atoms with Gasteiger partial charge in [0.2, 0.25) is 0 Å². The third-order valence-electron chi connectivity index (χ3n) is 2.87. The second kappa shape index (κ2) is 6.90. The van der Waals surface area contributed by atoms with Crippen LogP contribution in [0.4, 0.5) is 4.39 Å². The smallest absolute Gasteiger partial charge is 0.165 e. The van der Waals surface area contributed by atoms with Crippen LogP contribution in [0.25, 0.3) is 0 Å². The van der Waals surface area contributed by atoms with Crippen molar-refractivity contribution in [1.82, 2.24) is 5.32 Å². The van der Waals surface area contributed by atoms with E-state index in [2.05, 4.69) is 21.2 Å². The predicted octanol–water partition coefficient (Wildman–Crippen LogP) is 4.18. The van der Waals surface area contributed by atoms with Crippen molar-refractivity contribution in [3.05, 3.63) is 51.6 Å². The van der Waals surface area contributed by atoms with Crippen LogP contribution >= 0.6 is 15.9 Å². The Labute approximate surface area is 126 Å². The molecule has 0 aliphatic carbocycles. The highest BCUT2D eigenvalue weighted by molar-refractivity contribution is 9.10. The quantitative estimate of drug-likeness (QED) is 0.855. The minimum absolute atomic E-state index is 0.209. The lowest BCUT2D eigenvalue weighted by Gasteiger charge is -2.06. The molecule has 0 aliphatic heterocycles. The molecule has 1 heterocycles. The third kappa shape index (κ3) is 3.84. The number of hydrogen-bond acceptors (Lipinski definition) is 3. The van der Waals surface area contributed by atoms with Crippen LogP contribution in [0.15, 0.2) is 33.2 Å². The molecular weight excluding hydrogens is 325 g/mol. The maximum atomic E-state index is 13.5. The minimum atomic E-state index is -0.385. The number of nitrogens with one attached hydrogen (secondary N) is 1. The van der Waals surface area contributed by atoms with Gasteiger partial charge in [-0.1, -0.05) is 22.9 Å². The van der Waals surface area contributed by atoms with Crippen LogP contribution in [0.1, 0.15) is 24.0 Å². The van der Waals surface area contributed by atoms with Gasteiger partial charge in [-0.3, -0.25) is 0 Å². The summed E-state index contributed by atoms with van der Waals surface area (Å²) in [5.41, 5.74) is 1.07. The van der Waals surface area contributed by atoms with Gasteiger partial charge in [-0.05, 0) is 43.3 Å². The Morgan fingerprint density at radius 3 is 2.90 bits per heavy atom. The summed E-state index contributed by atoms with van der Waals surface area (Å²) in [6.45, 7) is 5.81. The van der Waals surface area contributed by atoms with Crippen molar-refractivity contribution in [3.8, 4) is 5.75 Å². The molecule has 1 N–H and O–H groups in total. The van der Waals surface area contributed by atoms with Gasteiger partial charge in [-0.15, -0.1) is 0 Å². The van der Waals surface area contributed by atoms with Gasteiger partial charge < -0.3 is 14.5 Å². The van der Waals surface area contributed by atoms with Crippen LogP contribution in [-0.4, -0.2) is 6.54 Å². The first-order valence-corrected chi connectivity index (χ1v) is 7.26. The van der Waals surface area contributed by atoms with E-state index in [1.54, 1.807) is 12.1 Å². The second-order valence-corrected chi connectivity index (χ2v) is 5.38. The SMILES string of the molecule is CCNCc1oc(COc2cc(Br)ccc2F)cc1C. The largest absolute Gasteiger partial charge is 0.483 e. The number of ether oxygens (including phenoxy) is 1. The molecule has 0 atom stereocenters. The first-order valence-electron chi connectivity index (χ1n) is 6.47. The Morgan fingerprint density at radius 2 is 2.15 bits per heavy atom. The number of hydrogen-bond donors (Lipinski definition) is 1. The number of aryl methyl sites for hydroxylation is 1. The molecule has 0 bridgehead atoms.